The summed E-state index contributed by atoms with van der Waals surface area (Å²) in [5, 5.41) is 13.5. The third kappa shape index (κ3) is 3.53. The number of aliphatic hydroxyl groups is 1. The normalized spacial score (nSPS) is 13.2. The fraction of sp³-hybridized carbons (Fsp3) is 0.176. The average Bonchev–Trinajstić information content (AvgIpc) is 2.48. The highest BCUT2D eigenvalue weighted by Gasteiger charge is 2.15. The van der Waals surface area contributed by atoms with Gasteiger partial charge in [0, 0.05) is 6.54 Å². The Kier molecular flexibility index (Phi) is 5.04. The predicted octanol–water partition coefficient (Wildman–Crippen LogP) is 3.16. The van der Waals surface area contributed by atoms with Crippen molar-refractivity contribution in [2.75, 3.05) is 13.6 Å². The van der Waals surface area contributed by atoms with E-state index in [4.69, 9.17) is 0 Å². The molecule has 2 nitrogen and oxygen atoms in total. The fourth-order valence-electron chi connectivity index (χ4n) is 2.09. The van der Waals surface area contributed by atoms with E-state index < -0.39 is 6.10 Å². The molecule has 0 spiro atoms. The van der Waals surface area contributed by atoms with Crippen LogP contribution < -0.4 is 5.32 Å². The summed E-state index contributed by atoms with van der Waals surface area (Å²) in [6.07, 6.45) is 1.08. The Labute approximate surface area is 118 Å². The maximum absolute atomic E-state index is 13.3. The molecule has 3 heteroatoms. The molecule has 0 radical (unpaired) electrons. The molecule has 104 valence electrons. The summed E-state index contributed by atoms with van der Waals surface area (Å²) in [6.45, 7) is 0.636. The van der Waals surface area contributed by atoms with Gasteiger partial charge in [-0.2, -0.15) is 0 Å². The molecule has 0 saturated heterocycles. The van der Waals surface area contributed by atoms with Crippen LogP contribution in [0.25, 0.3) is 5.57 Å². The molecule has 0 aliphatic carbocycles. The van der Waals surface area contributed by atoms with Gasteiger partial charge in [-0.25, -0.2) is 4.39 Å². The average molecular weight is 271 g/mol. The largest absolute Gasteiger partial charge is 0.384 e. The summed E-state index contributed by atoms with van der Waals surface area (Å²) >= 11 is 0. The second kappa shape index (κ2) is 6.98. The lowest BCUT2D eigenvalue weighted by Crippen LogP contribution is -2.08. The molecule has 0 aromatic heterocycles. The molecule has 0 fully saturated rings. The predicted molar refractivity (Wildman–Crippen MR) is 79.7 cm³/mol. The lowest BCUT2D eigenvalue weighted by Gasteiger charge is -2.16. The van der Waals surface area contributed by atoms with Crippen molar-refractivity contribution in [3.8, 4) is 0 Å². The molecule has 1 unspecified atom stereocenters. The SMILES string of the molecule is CNCC=C(c1ccccc1)C(O)c1cccc(F)c1. The second-order valence-corrected chi connectivity index (χ2v) is 4.54. The van der Waals surface area contributed by atoms with E-state index in [1.54, 1.807) is 12.1 Å². The maximum atomic E-state index is 13.3. The molecular weight excluding hydrogens is 253 g/mol. The van der Waals surface area contributed by atoms with Crippen molar-refractivity contribution in [1.29, 1.82) is 0 Å². The molecule has 0 heterocycles. The van der Waals surface area contributed by atoms with Crippen molar-refractivity contribution in [2.45, 2.75) is 6.10 Å². The van der Waals surface area contributed by atoms with Gasteiger partial charge >= 0.3 is 0 Å². The first-order chi connectivity index (χ1) is 9.72. The first-order valence-corrected chi connectivity index (χ1v) is 6.56. The van der Waals surface area contributed by atoms with E-state index in [1.165, 1.54) is 12.1 Å². The Morgan fingerprint density at radius 2 is 1.95 bits per heavy atom. The van der Waals surface area contributed by atoms with Crippen LogP contribution in [0.15, 0.2) is 60.7 Å². The number of benzene rings is 2. The van der Waals surface area contributed by atoms with Gasteiger partial charge in [0.25, 0.3) is 0 Å². The number of nitrogens with one attached hydrogen (secondary N) is 1. The van der Waals surface area contributed by atoms with Gasteiger partial charge in [0.1, 0.15) is 11.9 Å². The van der Waals surface area contributed by atoms with Crippen molar-refractivity contribution in [3.05, 3.63) is 77.6 Å². The van der Waals surface area contributed by atoms with Gasteiger partial charge in [-0.15, -0.1) is 0 Å². The zero-order valence-corrected chi connectivity index (χ0v) is 11.4. The molecule has 2 rings (SSSR count). The standard InChI is InChI=1S/C17H18FNO/c1-19-11-10-16(13-6-3-2-4-7-13)17(20)14-8-5-9-15(18)12-14/h2-10,12,17,19-20H,11H2,1H3. The van der Waals surface area contributed by atoms with Crippen LogP contribution in [-0.4, -0.2) is 18.7 Å². The van der Waals surface area contributed by atoms with Gasteiger partial charge in [0.05, 0.1) is 0 Å². The van der Waals surface area contributed by atoms with Crippen molar-refractivity contribution in [3.63, 3.8) is 0 Å². The molecular formula is C17H18FNO. The smallest absolute Gasteiger partial charge is 0.123 e. The highest BCUT2D eigenvalue weighted by atomic mass is 19.1. The van der Waals surface area contributed by atoms with Crippen LogP contribution in [-0.2, 0) is 0 Å². The molecule has 2 aromatic rings. The van der Waals surface area contributed by atoms with Crippen molar-refractivity contribution in [1.82, 2.24) is 5.32 Å². The molecule has 2 aromatic carbocycles. The number of hydrogen-bond donors (Lipinski definition) is 2. The molecule has 0 aliphatic rings. The van der Waals surface area contributed by atoms with Crippen molar-refractivity contribution < 1.29 is 9.50 Å². The van der Waals surface area contributed by atoms with Gasteiger partial charge in [-0.05, 0) is 35.9 Å². The molecule has 0 aliphatic heterocycles. The van der Waals surface area contributed by atoms with Crippen LogP contribution in [0.4, 0.5) is 4.39 Å². The van der Waals surface area contributed by atoms with Crippen LogP contribution in [0.5, 0.6) is 0 Å². The van der Waals surface area contributed by atoms with Gasteiger partial charge in [-0.1, -0.05) is 48.5 Å². The van der Waals surface area contributed by atoms with E-state index in [2.05, 4.69) is 5.32 Å². The van der Waals surface area contributed by atoms with E-state index in [9.17, 15) is 9.50 Å². The van der Waals surface area contributed by atoms with Crippen LogP contribution in [0.3, 0.4) is 0 Å². The number of hydrogen-bond acceptors (Lipinski definition) is 2. The van der Waals surface area contributed by atoms with E-state index >= 15 is 0 Å². The number of halogens is 1. The molecule has 20 heavy (non-hydrogen) atoms. The lowest BCUT2D eigenvalue weighted by molar-refractivity contribution is 0.237. The lowest BCUT2D eigenvalue weighted by atomic mass is 9.95. The summed E-state index contributed by atoms with van der Waals surface area (Å²) in [4.78, 5) is 0. The molecule has 0 saturated carbocycles. The van der Waals surface area contributed by atoms with E-state index in [0.29, 0.717) is 12.1 Å². The summed E-state index contributed by atoms with van der Waals surface area (Å²) in [5.41, 5.74) is 2.25. The molecule has 0 bridgehead atoms. The maximum Gasteiger partial charge on any atom is 0.123 e. The van der Waals surface area contributed by atoms with E-state index in [0.717, 1.165) is 11.1 Å². The molecule has 0 amide bonds. The monoisotopic (exact) mass is 271 g/mol. The third-order valence-corrected chi connectivity index (χ3v) is 3.09. The first kappa shape index (κ1) is 14.4. The van der Waals surface area contributed by atoms with Gasteiger partial charge in [-0.3, -0.25) is 0 Å². The zero-order chi connectivity index (χ0) is 14.4. The van der Waals surface area contributed by atoms with Crippen molar-refractivity contribution >= 4 is 5.57 Å². The number of rotatable bonds is 5. The van der Waals surface area contributed by atoms with Crippen LogP contribution >= 0.6 is 0 Å². The first-order valence-electron chi connectivity index (χ1n) is 6.56. The Morgan fingerprint density at radius 3 is 2.60 bits per heavy atom. The minimum absolute atomic E-state index is 0.345. The Morgan fingerprint density at radius 1 is 1.20 bits per heavy atom. The zero-order valence-electron chi connectivity index (χ0n) is 11.4. The number of aliphatic hydroxyl groups excluding tert-OH is 1. The molecule has 1 atom stereocenters. The van der Waals surface area contributed by atoms with Crippen LogP contribution in [0.1, 0.15) is 17.2 Å². The third-order valence-electron chi connectivity index (χ3n) is 3.09. The Bertz CT molecular complexity index is 581. The van der Waals surface area contributed by atoms with Crippen LogP contribution in [0, 0.1) is 5.82 Å². The Hall–Kier alpha value is -1.97. The highest BCUT2D eigenvalue weighted by Crippen LogP contribution is 2.29. The quantitative estimate of drug-likeness (QED) is 0.875. The minimum Gasteiger partial charge on any atom is -0.384 e. The summed E-state index contributed by atoms with van der Waals surface area (Å²) in [5.74, 6) is -0.345. The van der Waals surface area contributed by atoms with Gasteiger partial charge < -0.3 is 10.4 Å². The number of likely N-dealkylation sites (N-methyl/N-ethyl adjacent to an activating group) is 1. The minimum atomic E-state index is -0.846. The highest BCUT2D eigenvalue weighted by molar-refractivity contribution is 5.70. The van der Waals surface area contributed by atoms with Gasteiger partial charge in [0.2, 0.25) is 0 Å². The summed E-state index contributed by atoms with van der Waals surface area (Å²) in [6, 6.07) is 15.7. The second-order valence-electron chi connectivity index (χ2n) is 4.54. The fourth-order valence-corrected chi connectivity index (χ4v) is 2.09. The van der Waals surface area contributed by atoms with Gasteiger partial charge in [0.15, 0.2) is 0 Å². The Balaban J connectivity index is 2.37. The summed E-state index contributed by atoms with van der Waals surface area (Å²) < 4.78 is 13.3. The van der Waals surface area contributed by atoms with E-state index in [-0.39, 0.29) is 5.82 Å². The summed E-state index contributed by atoms with van der Waals surface area (Å²) in [7, 11) is 1.84. The topological polar surface area (TPSA) is 32.3 Å². The van der Waals surface area contributed by atoms with Crippen LogP contribution in [0.2, 0.25) is 0 Å². The van der Waals surface area contributed by atoms with E-state index in [1.807, 2.05) is 43.5 Å². The molecule has 2 N–H and O–H groups in total. The van der Waals surface area contributed by atoms with Crippen molar-refractivity contribution in [2.24, 2.45) is 0 Å².